The third kappa shape index (κ3) is 2.88. The van der Waals surface area contributed by atoms with E-state index in [0.717, 1.165) is 6.07 Å². The fourth-order valence-electron chi connectivity index (χ4n) is 1.88. The molecule has 0 saturated carbocycles. The van der Waals surface area contributed by atoms with E-state index in [4.69, 9.17) is 0 Å². The highest BCUT2D eigenvalue weighted by molar-refractivity contribution is 5.97. The second kappa shape index (κ2) is 5.61. The van der Waals surface area contributed by atoms with Gasteiger partial charge in [0, 0.05) is 5.56 Å². The zero-order valence-corrected chi connectivity index (χ0v) is 10.8. The van der Waals surface area contributed by atoms with Crippen LogP contribution in [0.15, 0.2) is 42.5 Å². The number of benzene rings is 2. The lowest BCUT2D eigenvalue weighted by Gasteiger charge is -2.15. The van der Waals surface area contributed by atoms with Crippen LogP contribution in [0, 0.1) is 5.82 Å². The molecule has 0 fully saturated rings. The molecule has 0 aliphatic heterocycles. The summed E-state index contributed by atoms with van der Waals surface area (Å²) in [5.74, 6) is -1.39. The normalized spacial score (nSPS) is 11.9. The Morgan fingerprint density at radius 2 is 1.90 bits per heavy atom. The van der Waals surface area contributed by atoms with Crippen LogP contribution in [0.25, 0.3) is 0 Å². The second-order valence-electron chi connectivity index (χ2n) is 4.42. The lowest BCUT2D eigenvalue weighted by Crippen LogP contribution is -2.27. The van der Waals surface area contributed by atoms with Crippen LogP contribution in [-0.4, -0.2) is 16.1 Å². The molecule has 0 saturated heterocycles. The maximum absolute atomic E-state index is 13.6. The third-order valence-corrected chi connectivity index (χ3v) is 2.94. The highest BCUT2D eigenvalue weighted by Gasteiger charge is 2.17. The molecule has 0 aliphatic carbocycles. The van der Waals surface area contributed by atoms with E-state index in [1.807, 2.05) is 0 Å². The molecule has 2 rings (SSSR count). The standard InChI is InChI=1S/C15H14FNO3/c1-9(11-4-2-3-5-13(11)16)17-15(20)12-8-10(18)6-7-14(12)19/h2-9,18-19H,1H3,(H,17,20). The molecule has 0 aliphatic rings. The summed E-state index contributed by atoms with van der Waals surface area (Å²) in [5, 5.41) is 21.5. The largest absolute Gasteiger partial charge is 0.508 e. The summed E-state index contributed by atoms with van der Waals surface area (Å²) in [6.45, 7) is 1.64. The summed E-state index contributed by atoms with van der Waals surface area (Å²) in [6.07, 6.45) is 0. The fraction of sp³-hybridized carbons (Fsp3) is 0.133. The summed E-state index contributed by atoms with van der Waals surface area (Å²) in [5.41, 5.74) is 0.286. The SMILES string of the molecule is CC(NC(=O)c1cc(O)ccc1O)c1ccccc1F. The third-order valence-electron chi connectivity index (χ3n) is 2.94. The quantitative estimate of drug-likeness (QED) is 0.754. The van der Waals surface area contributed by atoms with Gasteiger partial charge in [-0.05, 0) is 31.2 Å². The highest BCUT2D eigenvalue weighted by atomic mass is 19.1. The Hall–Kier alpha value is -2.56. The van der Waals surface area contributed by atoms with Crippen molar-refractivity contribution in [2.75, 3.05) is 0 Å². The molecule has 5 heteroatoms. The van der Waals surface area contributed by atoms with Gasteiger partial charge in [-0.15, -0.1) is 0 Å². The predicted molar refractivity (Wildman–Crippen MR) is 72.1 cm³/mol. The molecule has 0 heterocycles. The topological polar surface area (TPSA) is 69.6 Å². The van der Waals surface area contributed by atoms with Gasteiger partial charge in [-0.2, -0.15) is 0 Å². The Kier molecular flexibility index (Phi) is 3.89. The summed E-state index contributed by atoms with van der Waals surface area (Å²) in [4.78, 5) is 12.0. The molecule has 20 heavy (non-hydrogen) atoms. The number of halogens is 1. The Morgan fingerprint density at radius 1 is 1.20 bits per heavy atom. The first kappa shape index (κ1) is 13.9. The van der Waals surface area contributed by atoms with Gasteiger partial charge in [0.1, 0.15) is 17.3 Å². The Morgan fingerprint density at radius 3 is 2.60 bits per heavy atom. The molecule has 3 N–H and O–H groups in total. The number of aromatic hydroxyl groups is 2. The molecular formula is C15H14FNO3. The monoisotopic (exact) mass is 275 g/mol. The first-order valence-corrected chi connectivity index (χ1v) is 6.06. The molecule has 2 aromatic rings. The number of hydrogen-bond donors (Lipinski definition) is 3. The van der Waals surface area contributed by atoms with Crippen molar-refractivity contribution in [3.8, 4) is 11.5 Å². The number of phenolic OH excluding ortho intramolecular Hbond substituents is 2. The number of amides is 1. The molecule has 0 bridgehead atoms. The van der Waals surface area contributed by atoms with Crippen LogP contribution in [-0.2, 0) is 0 Å². The smallest absolute Gasteiger partial charge is 0.255 e. The van der Waals surface area contributed by atoms with E-state index in [2.05, 4.69) is 5.32 Å². The van der Waals surface area contributed by atoms with Crippen LogP contribution in [0.4, 0.5) is 4.39 Å². The van der Waals surface area contributed by atoms with Gasteiger partial charge in [-0.3, -0.25) is 4.79 Å². The van der Waals surface area contributed by atoms with Gasteiger partial charge in [0.05, 0.1) is 11.6 Å². The molecule has 0 aromatic heterocycles. The van der Waals surface area contributed by atoms with Gasteiger partial charge in [0.25, 0.3) is 5.91 Å². The number of carbonyl (C=O) groups is 1. The minimum atomic E-state index is -0.589. The number of phenols is 2. The minimum absolute atomic E-state index is 0.0619. The predicted octanol–water partition coefficient (Wildman–Crippen LogP) is 2.73. The van der Waals surface area contributed by atoms with Crippen LogP contribution >= 0.6 is 0 Å². The van der Waals surface area contributed by atoms with Crippen molar-refractivity contribution in [1.82, 2.24) is 5.32 Å². The van der Waals surface area contributed by atoms with Gasteiger partial charge in [0.15, 0.2) is 0 Å². The molecular weight excluding hydrogens is 261 g/mol. The molecule has 0 spiro atoms. The summed E-state index contributed by atoms with van der Waals surface area (Å²) in [6, 6.07) is 9.20. The zero-order chi connectivity index (χ0) is 14.7. The first-order valence-electron chi connectivity index (χ1n) is 6.06. The van der Waals surface area contributed by atoms with Gasteiger partial charge >= 0.3 is 0 Å². The van der Waals surface area contributed by atoms with Crippen LogP contribution in [0.2, 0.25) is 0 Å². The zero-order valence-electron chi connectivity index (χ0n) is 10.8. The van der Waals surface area contributed by atoms with Crippen molar-refractivity contribution in [3.05, 3.63) is 59.4 Å². The molecule has 0 radical (unpaired) electrons. The Labute approximate surface area is 115 Å². The van der Waals surface area contributed by atoms with Gasteiger partial charge in [-0.1, -0.05) is 18.2 Å². The van der Waals surface area contributed by atoms with Gasteiger partial charge < -0.3 is 15.5 Å². The van der Waals surface area contributed by atoms with E-state index < -0.39 is 17.8 Å². The highest BCUT2D eigenvalue weighted by Crippen LogP contribution is 2.23. The Bertz CT molecular complexity index is 643. The van der Waals surface area contributed by atoms with Crippen molar-refractivity contribution in [3.63, 3.8) is 0 Å². The van der Waals surface area contributed by atoms with Crippen molar-refractivity contribution < 1.29 is 19.4 Å². The van der Waals surface area contributed by atoms with E-state index in [1.165, 1.54) is 18.2 Å². The molecule has 1 amide bonds. The summed E-state index contributed by atoms with van der Waals surface area (Å²) in [7, 11) is 0. The number of carbonyl (C=O) groups excluding carboxylic acids is 1. The van der Waals surface area contributed by atoms with Crippen LogP contribution in [0.5, 0.6) is 11.5 Å². The van der Waals surface area contributed by atoms with Crippen molar-refractivity contribution in [2.24, 2.45) is 0 Å². The van der Waals surface area contributed by atoms with Gasteiger partial charge in [-0.25, -0.2) is 4.39 Å². The van der Waals surface area contributed by atoms with Crippen LogP contribution < -0.4 is 5.32 Å². The number of nitrogens with one attached hydrogen (secondary N) is 1. The van der Waals surface area contributed by atoms with Crippen molar-refractivity contribution in [2.45, 2.75) is 13.0 Å². The summed E-state index contributed by atoms with van der Waals surface area (Å²) >= 11 is 0. The van der Waals surface area contributed by atoms with Crippen LogP contribution in [0.1, 0.15) is 28.9 Å². The maximum Gasteiger partial charge on any atom is 0.255 e. The molecule has 1 atom stereocenters. The van der Waals surface area contributed by atoms with Crippen molar-refractivity contribution in [1.29, 1.82) is 0 Å². The summed E-state index contributed by atoms with van der Waals surface area (Å²) < 4.78 is 13.6. The molecule has 2 aromatic carbocycles. The van der Waals surface area contributed by atoms with Gasteiger partial charge in [0.2, 0.25) is 0 Å². The van der Waals surface area contributed by atoms with Crippen molar-refractivity contribution >= 4 is 5.91 Å². The van der Waals surface area contributed by atoms with E-state index in [9.17, 15) is 19.4 Å². The average Bonchev–Trinajstić information content (AvgIpc) is 2.41. The van der Waals surface area contributed by atoms with E-state index in [1.54, 1.807) is 25.1 Å². The first-order chi connectivity index (χ1) is 9.49. The van der Waals surface area contributed by atoms with Crippen LogP contribution in [0.3, 0.4) is 0 Å². The lowest BCUT2D eigenvalue weighted by atomic mass is 10.1. The minimum Gasteiger partial charge on any atom is -0.508 e. The second-order valence-corrected chi connectivity index (χ2v) is 4.42. The average molecular weight is 275 g/mol. The van der Waals surface area contributed by atoms with E-state index >= 15 is 0 Å². The fourth-order valence-corrected chi connectivity index (χ4v) is 1.88. The number of hydrogen-bond acceptors (Lipinski definition) is 3. The maximum atomic E-state index is 13.6. The lowest BCUT2D eigenvalue weighted by molar-refractivity contribution is 0.0936. The number of rotatable bonds is 3. The van der Waals surface area contributed by atoms with E-state index in [0.29, 0.717) is 5.56 Å². The molecule has 1 unspecified atom stereocenters. The Balaban J connectivity index is 2.20. The van der Waals surface area contributed by atoms with E-state index in [-0.39, 0.29) is 17.1 Å². The molecule has 4 nitrogen and oxygen atoms in total. The molecule has 104 valence electrons.